The molecule has 2 nitrogen and oxygen atoms in total. The summed E-state index contributed by atoms with van der Waals surface area (Å²) >= 11 is 0. The molecular weight excluding hydrogens is 198 g/mol. The predicted octanol–water partition coefficient (Wildman–Crippen LogP) is 2.98. The second-order valence-electron chi connectivity index (χ2n) is 4.24. The Morgan fingerprint density at radius 1 is 1.19 bits per heavy atom. The summed E-state index contributed by atoms with van der Waals surface area (Å²) in [6.07, 6.45) is 4.15. The standard InChI is InChI=1S/C14H19NO/c1-3-14(4-2)9-11(10-15)12-7-5-6-8-13(12)16-14/h5-9H,3-4,10,15H2,1-2H3. The van der Waals surface area contributed by atoms with Crippen LogP contribution >= 0.6 is 0 Å². The highest BCUT2D eigenvalue weighted by molar-refractivity contribution is 5.74. The fourth-order valence-corrected chi connectivity index (χ4v) is 2.23. The summed E-state index contributed by atoms with van der Waals surface area (Å²) in [5.41, 5.74) is 8.00. The van der Waals surface area contributed by atoms with Crippen LogP contribution in [0.2, 0.25) is 0 Å². The molecule has 0 aromatic heterocycles. The van der Waals surface area contributed by atoms with Crippen molar-refractivity contribution >= 4 is 5.57 Å². The van der Waals surface area contributed by atoms with Crippen LogP contribution in [-0.2, 0) is 0 Å². The lowest BCUT2D eigenvalue weighted by molar-refractivity contribution is 0.107. The van der Waals surface area contributed by atoms with E-state index in [0.717, 1.165) is 24.2 Å². The summed E-state index contributed by atoms with van der Waals surface area (Å²) in [5, 5.41) is 0. The third-order valence-electron chi connectivity index (χ3n) is 3.40. The molecular formula is C14H19NO. The Kier molecular flexibility index (Phi) is 3.01. The first-order valence-electron chi connectivity index (χ1n) is 5.95. The van der Waals surface area contributed by atoms with Crippen LogP contribution in [0, 0.1) is 0 Å². The average Bonchev–Trinajstić information content (AvgIpc) is 2.37. The van der Waals surface area contributed by atoms with E-state index < -0.39 is 0 Å². The van der Waals surface area contributed by atoms with Crippen LogP contribution in [0.25, 0.3) is 5.57 Å². The number of hydrogen-bond acceptors (Lipinski definition) is 2. The van der Waals surface area contributed by atoms with Crippen LogP contribution in [0.15, 0.2) is 30.3 Å². The minimum Gasteiger partial charge on any atom is -0.483 e. The van der Waals surface area contributed by atoms with Gasteiger partial charge in [0.1, 0.15) is 11.4 Å². The van der Waals surface area contributed by atoms with E-state index in [-0.39, 0.29) is 5.60 Å². The van der Waals surface area contributed by atoms with Crippen molar-refractivity contribution < 1.29 is 4.74 Å². The number of para-hydroxylation sites is 1. The molecule has 0 saturated heterocycles. The molecule has 86 valence electrons. The number of fused-ring (bicyclic) bond motifs is 1. The van der Waals surface area contributed by atoms with Gasteiger partial charge in [-0.05, 0) is 30.6 Å². The molecule has 0 aliphatic carbocycles. The van der Waals surface area contributed by atoms with Crippen molar-refractivity contribution in [1.82, 2.24) is 0 Å². The highest BCUT2D eigenvalue weighted by Gasteiger charge is 2.31. The van der Waals surface area contributed by atoms with E-state index in [1.807, 2.05) is 18.2 Å². The van der Waals surface area contributed by atoms with Crippen molar-refractivity contribution in [2.24, 2.45) is 5.73 Å². The molecule has 1 aliphatic rings. The van der Waals surface area contributed by atoms with Gasteiger partial charge in [0.05, 0.1) is 0 Å². The van der Waals surface area contributed by atoms with Crippen molar-refractivity contribution in [2.45, 2.75) is 32.3 Å². The van der Waals surface area contributed by atoms with E-state index in [1.54, 1.807) is 0 Å². The van der Waals surface area contributed by atoms with Gasteiger partial charge >= 0.3 is 0 Å². The number of hydrogen-bond donors (Lipinski definition) is 1. The first-order valence-corrected chi connectivity index (χ1v) is 5.95. The topological polar surface area (TPSA) is 35.2 Å². The SMILES string of the molecule is CCC1(CC)C=C(CN)c2ccccc2O1. The van der Waals surface area contributed by atoms with Gasteiger partial charge in [-0.2, -0.15) is 0 Å². The Morgan fingerprint density at radius 3 is 2.50 bits per heavy atom. The molecule has 0 amide bonds. The van der Waals surface area contributed by atoms with Gasteiger partial charge in [0, 0.05) is 12.1 Å². The fourth-order valence-electron chi connectivity index (χ4n) is 2.23. The first kappa shape index (κ1) is 11.2. The smallest absolute Gasteiger partial charge is 0.128 e. The van der Waals surface area contributed by atoms with E-state index in [0.29, 0.717) is 6.54 Å². The van der Waals surface area contributed by atoms with Gasteiger partial charge in [0.2, 0.25) is 0 Å². The van der Waals surface area contributed by atoms with E-state index >= 15 is 0 Å². The van der Waals surface area contributed by atoms with Crippen molar-refractivity contribution in [3.8, 4) is 5.75 Å². The maximum Gasteiger partial charge on any atom is 0.128 e. The normalized spacial score (nSPS) is 17.3. The van der Waals surface area contributed by atoms with Gasteiger partial charge in [-0.25, -0.2) is 0 Å². The Hall–Kier alpha value is -1.28. The molecule has 2 rings (SSSR count). The number of rotatable bonds is 3. The Labute approximate surface area is 97.1 Å². The predicted molar refractivity (Wildman–Crippen MR) is 67.4 cm³/mol. The lowest BCUT2D eigenvalue weighted by atomic mass is 9.88. The van der Waals surface area contributed by atoms with Crippen LogP contribution in [0.4, 0.5) is 0 Å². The summed E-state index contributed by atoms with van der Waals surface area (Å²) in [5.74, 6) is 0.967. The molecule has 1 heterocycles. The number of benzene rings is 1. The van der Waals surface area contributed by atoms with Gasteiger partial charge in [-0.3, -0.25) is 0 Å². The zero-order valence-corrected chi connectivity index (χ0v) is 9.99. The maximum absolute atomic E-state index is 6.12. The fraction of sp³-hybridized carbons (Fsp3) is 0.429. The molecule has 16 heavy (non-hydrogen) atoms. The van der Waals surface area contributed by atoms with Crippen molar-refractivity contribution in [2.75, 3.05) is 6.54 Å². The second-order valence-corrected chi connectivity index (χ2v) is 4.24. The van der Waals surface area contributed by atoms with Gasteiger partial charge in [0.25, 0.3) is 0 Å². The van der Waals surface area contributed by atoms with Crippen molar-refractivity contribution in [3.63, 3.8) is 0 Å². The molecule has 0 radical (unpaired) electrons. The number of nitrogens with two attached hydrogens (primary N) is 1. The van der Waals surface area contributed by atoms with E-state index in [4.69, 9.17) is 10.5 Å². The highest BCUT2D eigenvalue weighted by Crippen LogP contribution is 2.38. The molecule has 0 saturated carbocycles. The Morgan fingerprint density at radius 2 is 1.88 bits per heavy atom. The molecule has 0 spiro atoms. The van der Waals surface area contributed by atoms with Crippen LogP contribution in [0.3, 0.4) is 0 Å². The summed E-state index contributed by atoms with van der Waals surface area (Å²) < 4.78 is 6.12. The molecule has 0 bridgehead atoms. The summed E-state index contributed by atoms with van der Waals surface area (Å²) in [4.78, 5) is 0. The Balaban J connectivity index is 2.50. The molecule has 2 N–H and O–H groups in total. The van der Waals surface area contributed by atoms with Crippen LogP contribution < -0.4 is 10.5 Å². The molecule has 1 aromatic carbocycles. The maximum atomic E-state index is 6.12. The van der Waals surface area contributed by atoms with Gasteiger partial charge in [0.15, 0.2) is 0 Å². The highest BCUT2D eigenvalue weighted by atomic mass is 16.5. The van der Waals surface area contributed by atoms with E-state index in [9.17, 15) is 0 Å². The third-order valence-corrected chi connectivity index (χ3v) is 3.40. The summed E-state index contributed by atoms with van der Waals surface area (Å²) in [6.45, 7) is 4.88. The van der Waals surface area contributed by atoms with Crippen LogP contribution in [0.5, 0.6) is 5.75 Å². The average molecular weight is 217 g/mol. The summed E-state index contributed by atoms with van der Waals surface area (Å²) in [6, 6.07) is 8.13. The largest absolute Gasteiger partial charge is 0.483 e. The zero-order chi connectivity index (χ0) is 11.6. The van der Waals surface area contributed by atoms with Gasteiger partial charge < -0.3 is 10.5 Å². The van der Waals surface area contributed by atoms with Gasteiger partial charge in [-0.1, -0.05) is 32.0 Å². The van der Waals surface area contributed by atoms with Crippen molar-refractivity contribution in [3.05, 3.63) is 35.9 Å². The third kappa shape index (κ3) is 1.74. The Bertz CT molecular complexity index is 405. The second kappa shape index (κ2) is 4.30. The molecule has 0 atom stereocenters. The van der Waals surface area contributed by atoms with Crippen molar-refractivity contribution in [1.29, 1.82) is 0 Å². The van der Waals surface area contributed by atoms with Crippen LogP contribution in [-0.4, -0.2) is 12.1 Å². The van der Waals surface area contributed by atoms with E-state index in [1.165, 1.54) is 5.57 Å². The van der Waals surface area contributed by atoms with E-state index in [2.05, 4.69) is 26.0 Å². The lowest BCUT2D eigenvalue weighted by Crippen LogP contribution is -2.35. The van der Waals surface area contributed by atoms with Gasteiger partial charge in [-0.15, -0.1) is 0 Å². The minimum absolute atomic E-state index is 0.164. The molecule has 0 fully saturated rings. The lowest BCUT2D eigenvalue weighted by Gasteiger charge is -2.35. The first-order chi connectivity index (χ1) is 7.74. The quantitative estimate of drug-likeness (QED) is 0.844. The molecule has 0 unspecified atom stereocenters. The zero-order valence-electron chi connectivity index (χ0n) is 9.99. The molecule has 1 aliphatic heterocycles. The summed E-state index contributed by atoms with van der Waals surface area (Å²) in [7, 11) is 0. The molecule has 2 heteroatoms. The monoisotopic (exact) mass is 217 g/mol. The minimum atomic E-state index is -0.164. The molecule has 1 aromatic rings. The number of ether oxygens (including phenoxy) is 1. The van der Waals surface area contributed by atoms with Crippen LogP contribution in [0.1, 0.15) is 32.3 Å².